The van der Waals surface area contributed by atoms with Crippen LogP contribution in [-0.4, -0.2) is 31.3 Å². The van der Waals surface area contributed by atoms with Crippen LogP contribution in [0.15, 0.2) is 0 Å². The van der Waals surface area contributed by atoms with Crippen LogP contribution in [0.3, 0.4) is 0 Å². The molecule has 110 valence electrons. The average Bonchev–Trinajstić information content (AvgIpc) is 2.78. The predicted molar refractivity (Wildman–Crippen MR) is 78.8 cm³/mol. The van der Waals surface area contributed by atoms with E-state index in [4.69, 9.17) is 11.6 Å². The highest BCUT2D eigenvalue weighted by Gasteiger charge is 2.21. The molecule has 1 atom stereocenters. The quantitative estimate of drug-likeness (QED) is 0.877. The van der Waals surface area contributed by atoms with E-state index in [9.17, 15) is 4.79 Å². The molecule has 6 nitrogen and oxygen atoms in total. The Morgan fingerprint density at radius 3 is 2.60 bits per heavy atom. The molecule has 0 aliphatic carbocycles. The summed E-state index contributed by atoms with van der Waals surface area (Å²) in [5.41, 5.74) is 2.46. The molecule has 1 N–H and O–H groups in total. The minimum atomic E-state index is -0.270. The third kappa shape index (κ3) is 2.65. The zero-order chi connectivity index (χ0) is 15.0. The van der Waals surface area contributed by atoms with E-state index in [1.54, 1.807) is 4.68 Å². The Hall–Kier alpha value is -1.56. The molecule has 2 rings (SSSR count). The van der Waals surface area contributed by atoms with E-state index in [2.05, 4.69) is 15.4 Å². The van der Waals surface area contributed by atoms with Crippen LogP contribution in [0.1, 0.15) is 37.7 Å². The normalized spacial score (nSPS) is 13.2. The summed E-state index contributed by atoms with van der Waals surface area (Å²) in [6.07, 6.45) is 0. The third-order valence-electron chi connectivity index (χ3n) is 3.03. The first-order valence-corrected chi connectivity index (χ1v) is 7.08. The number of nitrogens with zero attached hydrogens (tertiary/aromatic N) is 4. The van der Waals surface area contributed by atoms with Crippen molar-refractivity contribution in [1.29, 1.82) is 0 Å². The number of hydrogen-bond donors (Lipinski definition) is 1. The lowest BCUT2D eigenvalue weighted by Gasteiger charge is -2.12. The van der Waals surface area contributed by atoms with Crippen LogP contribution in [-0.2, 0) is 18.4 Å². The van der Waals surface area contributed by atoms with E-state index in [1.165, 1.54) is 0 Å². The molecule has 20 heavy (non-hydrogen) atoms. The second-order valence-electron chi connectivity index (χ2n) is 5.28. The van der Waals surface area contributed by atoms with Crippen molar-refractivity contribution in [2.45, 2.75) is 45.7 Å². The van der Waals surface area contributed by atoms with Crippen molar-refractivity contribution in [2.75, 3.05) is 0 Å². The van der Waals surface area contributed by atoms with Gasteiger partial charge >= 0.3 is 0 Å². The van der Waals surface area contributed by atoms with E-state index >= 15 is 0 Å². The van der Waals surface area contributed by atoms with Crippen LogP contribution < -0.4 is 5.32 Å². The first-order valence-electron chi connectivity index (χ1n) is 6.64. The highest BCUT2D eigenvalue weighted by atomic mass is 35.5. The topological polar surface area (TPSA) is 64.7 Å². The molecule has 0 radical (unpaired) electrons. The second kappa shape index (κ2) is 5.44. The number of nitrogens with one attached hydrogen (secondary N) is 1. The lowest BCUT2D eigenvalue weighted by molar-refractivity contribution is -0.122. The fourth-order valence-electron chi connectivity index (χ4n) is 2.32. The molecule has 0 saturated heterocycles. The Labute approximate surface area is 123 Å². The molecule has 0 bridgehead atoms. The molecule has 0 fully saturated rings. The lowest BCUT2D eigenvalue weighted by atomic mass is 10.3. The van der Waals surface area contributed by atoms with Gasteiger partial charge in [-0.15, -0.1) is 11.6 Å². The average molecular weight is 298 g/mol. The third-order valence-corrected chi connectivity index (χ3v) is 3.22. The Bertz CT molecular complexity index is 641. The van der Waals surface area contributed by atoms with Crippen LogP contribution in [0.4, 0.5) is 0 Å². The summed E-state index contributed by atoms with van der Waals surface area (Å²) in [7, 11) is 1.84. The highest BCUT2D eigenvalue weighted by molar-refractivity contribution is 6.20. The molecule has 0 aliphatic heterocycles. The van der Waals surface area contributed by atoms with Gasteiger partial charge in [0.15, 0.2) is 5.65 Å². The lowest BCUT2D eigenvalue weighted by Crippen LogP contribution is -2.33. The van der Waals surface area contributed by atoms with Crippen LogP contribution in [0.5, 0.6) is 0 Å². The summed E-state index contributed by atoms with van der Waals surface area (Å²) in [5, 5.41) is 6.95. The standard InChI is InChI=1S/C13H20ClN5O/c1-7(2)15-10(20)6-19-12(8(3)14)16-11-9(4)17-18(5)13(11)19/h7-8H,6H2,1-5H3,(H,15,20). The fraction of sp³-hybridized carbons (Fsp3) is 0.615. The smallest absolute Gasteiger partial charge is 0.240 e. The van der Waals surface area contributed by atoms with Crippen molar-refractivity contribution in [2.24, 2.45) is 7.05 Å². The van der Waals surface area contributed by atoms with Gasteiger partial charge in [0.25, 0.3) is 0 Å². The first kappa shape index (κ1) is 14.8. The maximum absolute atomic E-state index is 12.0. The summed E-state index contributed by atoms with van der Waals surface area (Å²) in [6.45, 7) is 7.81. The molecule has 0 saturated carbocycles. The van der Waals surface area contributed by atoms with Crippen molar-refractivity contribution < 1.29 is 4.79 Å². The minimum absolute atomic E-state index is 0.0586. The van der Waals surface area contributed by atoms with Crippen LogP contribution in [0.2, 0.25) is 0 Å². The maximum atomic E-state index is 12.0. The van der Waals surface area contributed by atoms with Crippen molar-refractivity contribution in [1.82, 2.24) is 24.6 Å². The maximum Gasteiger partial charge on any atom is 0.240 e. The predicted octanol–water partition coefficient (Wildman–Crippen LogP) is 1.90. The van der Waals surface area contributed by atoms with Crippen LogP contribution >= 0.6 is 11.6 Å². The van der Waals surface area contributed by atoms with Crippen molar-refractivity contribution in [3.63, 3.8) is 0 Å². The molecular formula is C13H20ClN5O. The van der Waals surface area contributed by atoms with Gasteiger partial charge in [0.1, 0.15) is 17.9 Å². The van der Waals surface area contributed by atoms with Crippen molar-refractivity contribution >= 4 is 28.7 Å². The van der Waals surface area contributed by atoms with Gasteiger partial charge in [-0.3, -0.25) is 9.48 Å². The zero-order valence-corrected chi connectivity index (χ0v) is 13.2. The van der Waals surface area contributed by atoms with E-state index in [-0.39, 0.29) is 23.9 Å². The number of carbonyl (C=O) groups is 1. The Morgan fingerprint density at radius 2 is 2.05 bits per heavy atom. The Morgan fingerprint density at radius 1 is 1.40 bits per heavy atom. The van der Waals surface area contributed by atoms with E-state index < -0.39 is 0 Å². The SMILES string of the molecule is Cc1nn(C)c2c1nc(C(C)Cl)n2CC(=O)NC(C)C. The zero-order valence-electron chi connectivity index (χ0n) is 12.4. The number of imidazole rings is 1. The molecule has 0 aromatic carbocycles. The summed E-state index contributed by atoms with van der Waals surface area (Å²) in [6, 6.07) is 0.103. The van der Waals surface area contributed by atoms with Gasteiger partial charge in [0, 0.05) is 13.1 Å². The molecule has 2 aromatic heterocycles. The number of aryl methyl sites for hydroxylation is 2. The summed E-state index contributed by atoms with van der Waals surface area (Å²) in [5.74, 6) is 0.633. The first-order chi connectivity index (χ1) is 9.31. The molecule has 2 heterocycles. The number of fused-ring (bicyclic) bond motifs is 1. The molecule has 1 amide bonds. The molecular weight excluding hydrogens is 278 g/mol. The van der Waals surface area contributed by atoms with Gasteiger partial charge in [0.2, 0.25) is 5.91 Å². The Balaban J connectivity index is 2.48. The number of hydrogen-bond acceptors (Lipinski definition) is 3. The monoisotopic (exact) mass is 297 g/mol. The van der Waals surface area contributed by atoms with Gasteiger partial charge < -0.3 is 9.88 Å². The minimum Gasteiger partial charge on any atom is -0.352 e. The van der Waals surface area contributed by atoms with Gasteiger partial charge in [-0.05, 0) is 27.7 Å². The van der Waals surface area contributed by atoms with E-state index in [0.717, 1.165) is 16.9 Å². The second-order valence-corrected chi connectivity index (χ2v) is 5.93. The molecule has 2 aromatic rings. The van der Waals surface area contributed by atoms with Gasteiger partial charge in [-0.2, -0.15) is 5.10 Å². The Kier molecular flexibility index (Phi) is 4.04. The van der Waals surface area contributed by atoms with Gasteiger partial charge in [-0.1, -0.05) is 0 Å². The van der Waals surface area contributed by atoms with Crippen molar-refractivity contribution in [3.8, 4) is 0 Å². The summed E-state index contributed by atoms with van der Waals surface area (Å²) < 4.78 is 3.58. The number of carbonyl (C=O) groups excluding carboxylic acids is 1. The largest absolute Gasteiger partial charge is 0.352 e. The number of aromatic nitrogens is 4. The molecule has 0 spiro atoms. The van der Waals surface area contributed by atoms with Crippen LogP contribution in [0.25, 0.3) is 11.2 Å². The molecule has 0 aliphatic rings. The van der Waals surface area contributed by atoms with Crippen LogP contribution in [0, 0.1) is 6.92 Å². The molecule has 1 unspecified atom stereocenters. The highest BCUT2D eigenvalue weighted by Crippen LogP contribution is 2.25. The summed E-state index contributed by atoms with van der Waals surface area (Å²) in [4.78, 5) is 16.6. The number of alkyl halides is 1. The fourth-order valence-corrected chi connectivity index (χ4v) is 2.49. The van der Waals surface area contributed by atoms with E-state index in [0.29, 0.717) is 5.82 Å². The number of amides is 1. The van der Waals surface area contributed by atoms with E-state index in [1.807, 2.05) is 39.3 Å². The van der Waals surface area contributed by atoms with Gasteiger partial charge in [0.05, 0.1) is 11.1 Å². The van der Waals surface area contributed by atoms with Gasteiger partial charge in [-0.25, -0.2) is 4.98 Å². The van der Waals surface area contributed by atoms with Crippen molar-refractivity contribution in [3.05, 3.63) is 11.5 Å². The molecule has 7 heteroatoms. The number of rotatable bonds is 4. The number of halogens is 1. The summed E-state index contributed by atoms with van der Waals surface area (Å²) >= 11 is 6.19.